The van der Waals surface area contributed by atoms with Gasteiger partial charge in [-0.1, -0.05) is 0 Å². The maximum atomic E-state index is 5.87. The number of hydrogen-bond acceptors (Lipinski definition) is 2. The molecule has 0 radical (unpaired) electrons. The molecule has 2 nitrogen and oxygen atoms in total. The molecule has 0 aliphatic carbocycles. The number of aromatic nitrogens is 1. The van der Waals surface area contributed by atoms with Crippen LogP contribution in [0.2, 0.25) is 0 Å². The second kappa shape index (κ2) is 2.91. The average Bonchev–Trinajstić information content (AvgIpc) is 1.86. The van der Waals surface area contributed by atoms with E-state index in [0.717, 1.165) is 10.2 Å². The van der Waals surface area contributed by atoms with Gasteiger partial charge in [-0.25, -0.2) is 0 Å². The zero-order chi connectivity index (χ0) is 8.48. The lowest BCUT2D eigenvalue weighted by Crippen LogP contribution is -2.30. The first kappa shape index (κ1) is 8.68. The minimum Gasteiger partial charge on any atom is -0.321 e. The molecule has 3 heteroatoms. The number of rotatable bonds is 1. The first-order chi connectivity index (χ1) is 5.02. The van der Waals surface area contributed by atoms with E-state index in [0.29, 0.717) is 0 Å². The highest BCUT2D eigenvalue weighted by atomic mass is 79.9. The van der Waals surface area contributed by atoms with E-state index in [4.69, 9.17) is 5.73 Å². The van der Waals surface area contributed by atoms with Gasteiger partial charge in [-0.15, -0.1) is 0 Å². The summed E-state index contributed by atoms with van der Waals surface area (Å²) in [5, 5.41) is 0. The van der Waals surface area contributed by atoms with Gasteiger partial charge in [-0.3, -0.25) is 4.98 Å². The predicted octanol–water partition coefficient (Wildman–Crippen LogP) is 2.04. The van der Waals surface area contributed by atoms with Gasteiger partial charge in [0, 0.05) is 10.7 Å². The Kier molecular flexibility index (Phi) is 2.30. The van der Waals surface area contributed by atoms with Crippen molar-refractivity contribution < 1.29 is 0 Å². The van der Waals surface area contributed by atoms with Gasteiger partial charge >= 0.3 is 0 Å². The van der Waals surface area contributed by atoms with Crippen LogP contribution in [-0.2, 0) is 5.54 Å². The lowest BCUT2D eigenvalue weighted by molar-refractivity contribution is 0.532. The molecule has 0 unspecified atom stereocenters. The van der Waals surface area contributed by atoms with Crippen LogP contribution >= 0.6 is 15.9 Å². The Morgan fingerprint density at radius 2 is 2.18 bits per heavy atom. The first-order valence-corrected chi connectivity index (χ1v) is 4.21. The summed E-state index contributed by atoms with van der Waals surface area (Å²) in [4.78, 5) is 4.18. The van der Waals surface area contributed by atoms with Gasteiger partial charge in [0.1, 0.15) is 0 Å². The zero-order valence-corrected chi connectivity index (χ0v) is 8.22. The van der Waals surface area contributed by atoms with Gasteiger partial charge in [0.15, 0.2) is 0 Å². The van der Waals surface area contributed by atoms with Crippen molar-refractivity contribution in [3.05, 3.63) is 28.5 Å². The second-order valence-corrected chi connectivity index (χ2v) is 3.91. The van der Waals surface area contributed by atoms with E-state index < -0.39 is 0 Å². The highest BCUT2D eigenvalue weighted by molar-refractivity contribution is 9.10. The summed E-state index contributed by atoms with van der Waals surface area (Å²) < 4.78 is 0.965. The number of hydrogen-bond donors (Lipinski definition) is 1. The number of halogens is 1. The van der Waals surface area contributed by atoms with Crippen molar-refractivity contribution in [3.63, 3.8) is 0 Å². The molecule has 1 heterocycles. The quantitative estimate of drug-likeness (QED) is 0.778. The smallest absolute Gasteiger partial charge is 0.0738 e. The number of pyridine rings is 1. The lowest BCUT2D eigenvalue weighted by atomic mass is 10.0. The van der Waals surface area contributed by atoms with Crippen molar-refractivity contribution in [2.75, 3.05) is 0 Å². The molecule has 0 amide bonds. The molecule has 11 heavy (non-hydrogen) atoms. The van der Waals surface area contributed by atoms with Gasteiger partial charge < -0.3 is 5.73 Å². The fourth-order valence-electron chi connectivity index (χ4n) is 0.860. The molecule has 0 saturated carbocycles. The molecule has 1 rings (SSSR count). The molecule has 1 aromatic heterocycles. The number of nitrogens with two attached hydrogens (primary N) is 1. The van der Waals surface area contributed by atoms with Crippen molar-refractivity contribution in [2.45, 2.75) is 19.4 Å². The van der Waals surface area contributed by atoms with Gasteiger partial charge in [-0.2, -0.15) is 0 Å². The molecule has 1 aromatic rings. The van der Waals surface area contributed by atoms with Crippen LogP contribution in [0.5, 0.6) is 0 Å². The van der Waals surface area contributed by atoms with Crippen LogP contribution < -0.4 is 5.73 Å². The van der Waals surface area contributed by atoms with Gasteiger partial charge in [0.05, 0.1) is 11.2 Å². The topological polar surface area (TPSA) is 38.9 Å². The molecule has 0 aromatic carbocycles. The van der Waals surface area contributed by atoms with Crippen LogP contribution in [-0.4, -0.2) is 4.98 Å². The highest BCUT2D eigenvalue weighted by Gasteiger charge is 2.17. The van der Waals surface area contributed by atoms with Crippen molar-refractivity contribution >= 4 is 15.9 Å². The Bertz CT molecular complexity index is 253. The van der Waals surface area contributed by atoms with Gasteiger partial charge in [0.25, 0.3) is 0 Å². The zero-order valence-electron chi connectivity index (χ0n) is 6.63. The summed E-state index contributed by atoms with van der Waals surface area (Å²) in [5.74, 6) is 0. The summed E-state index contributed by atoms with van der Waals surface area (Å²) in [6.07, 6.45) is 1.74. The summed E-state index contributed by atoms with van der Waals surface area (Å²) in [7, 11) is 0. The van der Waals surface area contributed by atoms with Gasteiger partial charge in [0.2, 0.25) is 0 Å². The summed E-state index contributed by atoms with van der Waals surface area (Å²) in [6.45, 7) is 3.86. The molecule has 0 atom stereocenters. The Morgan fingerprint density at radius 1 is 1.55 bits per heavy atom. The molecule has 0 bridgehead atoms. The molecular weight excluding hydrogens is 204 g/mol. The maximum absolute atomic E-state index is 5.87. The molecule has 60 valence electrons. The van der Waals surface area contributed by atoms with Crippen LogP contribution in [0, 0.1) is 0 Å². The Labute approximate surface area is 75.0 Å². The van der Waals surface area contributed by atoms with Crippen LogP contribution in [0.15, 0.2) is 22.8 Å². The molecule has 0 spiro atoms. The largest absolute Gasteiger partial charge is 0.321 e. The van der Waals surface area contributed by atoms with Crippen LogP contribution in [0.25, 0.3) is 0 Å². The second-order valence-electron chi connectivity index (χ2n) is 3.06. The third kappa shape index (κ3) is 2.01. The maximum Gasteiger partial charge on any atom is 0.0738 e. The molecule has 0 aliphatic rings. The van der Waals surface area contributed by atoms with Gasteiger partial charge in [-0.05, 0) is 41.9 Å². The molecule has 0 aliphatic heterocycles. The minimum absolute atomic E-state index is 0.375. The predicted molar refractivity (Wildman–Crippen MR) is 49.2 cm³/mol. The number of nitrogens with zero attached hydrogens (tertiary/aromatic N) is 1. The Morgan fingerprint density at radius 3 is 2.55 bits per heavy atom. The van der Waals surface area contributed by atoms with Crippen LogP contribution in [0.3, 0.4) is 0 Å². The molecular formula is C8H11BrN2. The molecule has 0 fully saturated rings. The van der Waals surface area contributed by atoms with Crippen LogP contribution in [0.1, 0.15) is 19.5 Å². The third-order valence-corrected chi connectivity index (χ3v) is 2.01. The van der Waals surface area contributed by atoms with Crippen molar-refractivity contribution in [1.29, 1.82) is 0 Å². The van der Waals surface area contributed by atoms with E-state index in [1.165, 1.54) is 0 Å². The first-order valence-electron chi connectivity index (χ1n) is 3.41. The Balaban J connectivity index is 3.14. The minimum atomic E-state index is -0.375. The highest BCUT2D eigenvalue weighted by Crippen LogP contribution is 2.22. The van der Waals surface area contributed by atoms with Crippen molar-refractivity contribution in [1.82, 2.24) is 4.98 Å². The normalized spacial score (nSPS) is 11.6. The van der Waals surface area contributed by atoms with E-state index >= 15 is 0 Å². The van der Waals surface area contributed by atoms with E-state index in [-0.39, 0.29) is 5.54 Å². The van der Waals surface area contributed by atoms with E-state index in [1.807, 2.05) is 26.0 Å². The molecule has 0 saturated heterocycles. The Hall–Kier alpha value is -0.410. The third-order valence-electron chi connectivity index (χ3n) is 1.37. The monoisotopic (exact) mass is 214 g/mol. The van der Waals surface area contributed by atoms with Crippen molar-refractivity contribution in [2.24, 2.45) is 5.73 Å². The van der Waals surface area contributed by atoms with E-state index in [9.17, 15) is 0 Å². The molecule has 2 N–H and O–H groups in total. The standard InChI is InChI=1S/C8H11BrN2/c1-8(2,10)7-6(9)4-3-5-11-7/h3-5H,10H2,1-2H3. The van der Waals surface area contributed by atoms with Crippen LogP contribution in [0.4, 0.5) is 0 Å². The van der Waals surface area contributed by atoms with Crippen molar-refractivity contribution in [3.8, 4) is 0 Å². The summed E-state index contributed by atoms with van der Waals surface area (Å²) >= 11 is 3.39. The summed E-state index contributed by atoms with van der Waals surface area (Å²) in [5.41, 5.74) is 6.38. The summed E-state index contributed by atoms with van der Waals surface area (Å²) in [6, 6.07) is 3.82. The van der Waals surface area contributed by atoms with E-state index in [1.54, 1.807) is 6.20 Å². The fourth-order valence-corrected chi connectivity index (χ4v) is 1.63. The fraction of sp³-hybridized carbons (Fsp3) is 0.375. The average molecular weight is 215 g/mol. The lowest BCUT2D eigenvalue weighted by Gasteiger charge is -2.18. The SMILES string of the molecule is CC(C)(N)c1ncccc1Br. The van der Waals surface area contributed by atoms with E-state index in [2.05, 4.69) is 20.9 Å².